The van der Waals surface area contributed by atoms with Gasteiger partial charge < -0.3 is 4.42 Å². The number of hydrogen-bond acceptors (Lipinski definition) is 4. The minimum Gasteiger partial charge on any atom is -0.447 e. The minimum absolute atomic E-state index is 0.310. The number of amides is 1. The Bertz CT molecular complexity index is 958. The number of carbonyl (C=O) groups is 1. The molecule has 0 fully saturated rings. The number of halogens is 3. The van der Waals surface area contributed by atoms with Crippen LogP contribution in [-0.4, -0.2) is 12.1 Å². The number of hydrazone groups is 1. The van der Waals surface area contributed by atoms with Gasteiger partial charge >= 0.3 is 0 Å². The molecule has 3 rings (SSSR count). The van der Waals surface area contributed by atoms with Crippen LogP contribution >= 0.6 is 55.2 Å². The van der Waals surface area contributed by atoms with Crippen LogP contribution in [0.3, 0.4) is 0 Å². The van der Waals surface area contributed by atoms with Crippen molar-refractivity contribution in [2.24, 2.45) is 5.10 Å². The maximum absolute atomic E-state index is 12.1. The lowest BCUT2D eigenvalue weighted by Crippen LogP contribution is -2.17. The number of hydrogen-bond donors (Lipinski definition) is 1. The van der Waals surface area contributed by atoms with Crippen LogP contribution in [-0.2, 0) is 0 Å². The Kier molecular flexibility index (Phi) is 6.58. The third kappa shape index (κ3) is 5.01. The van der Waals surface area contributed by atoms with Crippen molar-refractivity contribution in [2.45, 2.75) is 9.99 Å². The van der Waals surface area contributed by atoms with E-state index in [1.807, 2.05) is 30.3 Å². The SMILES string of the molecule is O=C(NN=Cc1cc(Br)c(Sc2ccc(Cl)cc2)o1)c1ccccc1Br. The lowest BCUT2D eigenvalue weighted by atomic mass is 10.2. The fourth-order valence-electron chi connectivity index (χ4n) is 1.97. The molecule has 0 aliphatic heterocycles. The third-order valence-corrected chi connectivity index (χ3v) is 5.97. The van der Waals surface area contributed by atoms with Gasteiger partial charge in [0.05, 0.1) is 16.3 Å². The predicted octanol–water partition coefficient (Wildman–Crippen LogP) is 6.37. The lowest BCUT2D eigenvalue weighted by molar-refractivity contribution is 0.0954. The molecule has 1 amide bonds. The van der Waals surface area contributed by atoms with E-state index in [2.05, 4.69) is 42.4 Å². The van der Waals surface area contributed by atoms with Crippen LogP contribution in [0.25, 0.3) is 0 Å². The van der Waals surface area contributed by atoms with Gasteiger partial charge in [-0.05, 0) is 68.3 Å². The largest absolute Gasteiger partial charge is 0.447 e. The highest BCUT2D eigenvalue weighted by atomic mass is 79.9. The van der Waals surface area contributed by atoms with Crippen LogP contribution in [0, 0.1) is 0 Å². The zero-order chi connectivity index (χ0) is 18.5. The van der Waals surface area contributed by atoms with Gasteiger partial charge in [0.15, 0.2) is 5.09 Å². The lowest BCUT2D eigenvalue weighted by Gasteiger charge is -2.01. The standard InChI is InChI=1S/C18H11Br2ClN2O2S/c19-15-4-2-1-3-14(15)17(24)23-22-10-12-9-16(20)18(25-12)26-13-7-5-11(21)6-8-13/h1-10H,(H,23,24). The van der Waals surface area contributed by atoms with E-state index in [-0.39, 0.29) is 5.91 Å². The van der Waals surface area contributed by atoms with Crippen molar-refractivity contribution in [3.63, 3.8) is 0 Å². The summed E-state index contributed by atoms with van der Waals surface area (Å²) in [7, 11) is 0. The van der Waals surface area contributed by atoms with Gasteiger partial charge in [-0.1, -0.05) is 35.5 Å². The van der Waals surface area contributed by atoms with Crippen molar-refractivity contribution in [2.75, 3.05) is 0 Å². The van der Waals surface area contributed by atoms with E-state index in [0.717, 1.165) is 9.37 Å². The highest BCUT2D eigenvalue weighted by Gasteiger charge is 2.11. The summed E-state index contributed by atoms with van der Waals surface area (Å²) in [6, 6.07) is 16.4. The molecule has 26 heavy (non-hydrogen) atoms. The fraction of sp³-hybridized carbons (Fsp3) is 0. The molecule has 1 heterocycles. The summed E-state index contributed by atoms with van der Waals surface area (Å²) in [6.07, 6.45) is 1.45. The molecule has 0 aliphatic carbocycles. The van der Waals surface area contributed by atoms with Crippen molar-refractivity contribution < 1.29 is 9.21 Å². The van der Waals surface area contributed by atoms with Gasteiger partial charge in [0, 0.05) is 20.5 Å². The molecule has 0 atom stereocenters. The Morgan fingerprint density at radius 3 is 2.58 bits per heavy atom. The summed E-state index contributed by atoms with van der Waals surface area (Å²) >= 11 is 14.1. The van der Waals surface area contributed by atoms with E-state index < -0.39 is 0 Å². The summed E-state index contributed by atoms with van der Waals surface area (Å²) in [5, 5.41) is 5.31. The van der Waals surface area contributed by atoms with Crippen LogP contribution in [0.5, 0.6) is 0 Å². The number of benzene rings is 2. The van der Waals surface area contributed by atoms with Crippen molar-refractivity contribution >= 4 is 67.3 Å². The molecule has 0 unspecified atom stereocenters. The molecule has 132 valence electrons. The smallest absolute Gasteiger partial charge is 0.272 e. The molecule has 0 spiro atoms. The van der Waals surface area contributed by atoms with Gasteiger partial charge in [-0.25, -0.2) is 5.43 Å². The van der Waals surface area contributed by atoms with E-state index in [4.69, 9.17) is 16.0 Å². The second kappa shape index (κ2) is 8.90. The zero-order valence-corrected chi connectivity index (χ0v) is 17.8. The molecule has 3 aromatic rings. The van der Waals surface area contributed by atoms with E-state index >= 15 is 0 Å². The first kappa shape index (κ1) is 19.2. The second-order valence-corrected chi connectivity index (χ2v) is 8.21. The Morgan fingerprint density at radius 2 is 1.85 bits per heavy atom. The first-order valence-electron chi connectivity index (χ1n) is 7.33. The number of furan rings is 1. The van der Waals surface area contributed by atoms with E-state index in [1.165, 1.54) is 18.0 Å². The van der Waals surface area contributed by atoms with Gasteiger partial charge in [0.1, 0.15) is 5.76 Å². The molecule has 8 heteroatoms. The molecule has 1 aromatic heterocycles. The molecule has 0 saturated carbocycles. The van der Waals surface area contributed by atoms with Crippen LogP contribution < -0.4 is 5.43 Å². The zero-order valence-electron chi connectivity index (χ0n) is 13.1. The molecular weight excluding hydrogens is 504 g/mol. The van der Waals surface area contributed by atoms with E-state index in [9.17, 15) is 4.79 Å². The topological polar surface area (TPSA) is 54.6 Å². The first-order chi connectivity index (χ1) is 12.5. The van der Waals surface area contributed by atoms with Gasteiger partial charge in [-0.2, -0.15) is 5.10 Å². The van der Waals surface area contributed by atoms with Gasteiger partial charge in [0.2, 0.25) is 0 Å². The van der Waals surface area contributed by atoms with Crippen LogP contribution in [0.4, 0.5) is 0 Å². The summed E-state index contributed by atoms with van der Waals surface area (Å²) in [5.41, 5.74) is 2.98. The molecule has 2 aromatic carbocycles. The molecule has 0 saturated heterocycles. The van der Waals surface area contributed by atoms with Crippen LogP contribution in [0.2, 0.25) is 5.02 Å². The monoisotopic (exact) mass is 512 g/mol. The van der Waals surface area contributed by atoms with Crippen molar-refractivity contribution in [1.82, 2.24) is 5.43 Å². The van der Waals surface area contributed by atoms with Crippen LogP contribution in [0.1, 0.15) is 16.1 Å². The number of rotatable bonds is 5. The maximum atomic E-state index is 12.1. The van der Waals surface area contributed by atoms with Gasteiger partial charge in [-0.15, -0.1) is 0 Å². The maximum Gasteiger partial charge on any atom is 0.272 e. The van der Waals surface area contributed by atoms with Crippen molar-refractivity contribution in [3.05, 3.63) is 79.9 Å². The quantitative estimate of drug-likeness (QED) is 0.318. The highest BCUT2D eigenvalue weighted by Crippen LogP contribution is 2.35. The highest BCUT2D eigenvalue weighted by molar-refractivity contribution is 9.10. The fourth-order valence-corrected chi connectivity index (χ4v) is 3.89. The Labute approximate surface area is 176 Å². The average Bonchev–Trinajstić information content (AvgIpc) is 2.96. The summed E-state index contributed by atoms with van der Waals surface area (Å²) in [6.45, 7) is 0. The Hall–Kier alpha value is -1.54. The molecule has 0 aliphatic rings. The summed E-state index contributed by atoms with van der Waals surface area (Å²) in [4.78, 5) is 13.1. The summed E-state index contributed by atoms with van der Waals surface area (Å²) in [5.74, 6) is 0.205. The second-order valence-electron chi connectivity index (χ2n) is 5.02. The number of nitrogens with zero attached hydrogens (tertiary/aromatic N) is 1. The van der Waals surface area contributed by atoms with E-state index in [0.29, 0.717) is 25.9 Å². The number of carbonyl (C=O) groups excluding carboxylic acids is 1. The Balaban J connectivity index is 1.65. The normalized spacial score (nSPS) is 11.0. The van der Waals surface area contributed by atoms with Gasteiger partial charge in [0.25, 0.3) is 5.91 Å². The molecule has 4 nitrogen and oxygen atoms in total. The average molecular weight is 515 g/mol. The van der Waals surface area contributed by atoms with Gasteiger partial charge in [-0.3, -0.25) is 4.79 Å². The third-order valence-electron chi connectivity index (χ3n) is 3.18. The number of nitrogens with one attached hydrogen (secondary N) is 1. The first-order valence-corrected chi connectivity index (χ1v) is 10.1. The summed E-state index contributed by atoms with van der Waals surface area (Å²) < 4.78 is 7.24. The predicted molar refractivity (Wildman–Crippen MR) is 111 cm³/mol. The van der Waals surface area contributed by atoms with E-state index in [1.54, 1.807) is 24.3 Å². The molecule has 1 N–H and O–H groups in total. The van der Waals surface area contributed by atoms with Crippen molar-refractivity contribution in [1.29, 1.82) is 0 Å². The van der Waals surface area contributed by atoms with Crippen LogP contribution in [0.15, 0.2) is 83.0 Å². The molecular formula is C18H11Br2ClN2O2S. The Morgan fingerprint density at radius 1 is 1.12 bits per heavy atom. The molecule has 0 bridgehead atoms. The minimum atomic E-state index is -0.310. The van der Waals surface area contributed by atoms with Crippen molar-refractivity contribution in [3.8, 4) is 0 Å². The molecule has 0 radical (unpaired) electrons.